The number of nitrogens with one attached hydrogen (secondary N) is 1. The predicted octanol–water partition coefficient (Wildman–Crippen LogP) is 4.69. The molecule has 0 aliphatic carbocycles. The highest BCUT2D eigenvalue weighted by atomic mass is 16.5. The van der Waals surface area contributed by atoms with Crippen molar-refractivity contribution in [2.24, 2.45) is 0 Å². The second-order valence-electron chi connectivity index (χ2n) is 6.09. The zero-order chi connectivity index (χ0) is 15.9. The molecule has 2 aromatic carbocycles. The van der Waals surface area contributed by atoms with Crippen LogP contribution in [0.25, 0.3) is 0 Å². The van der Waals surface area contributed by atoms with Crippen molar-refractivity contribution in [1.29, 1.82) is 0 Å². The van der Waals surface area contributed by atoms with Gasteiger partial charge in [0.2, 0.25) is 0 Å². The molecule has 0 aromatic heterocycles. The van der Waals surface area contributed by atoms with E-state index >= 15 is 0 Å². The average Bonchev–Trinajstić information content (AvgIpc) is 3.14. The molecule has 122 valence electrons. The summed E-state index contributed by atoms with van der Waals surface area (Å²) in [5.74, 6) is 0.950. The Morgan fingerprint density at radius 1 is 0.957 bits per heavy atom. The lowest BCUT2D eigenvalue weighted by atomic mass is 10.2. The maximum atomic E-state index is 5.61. The molecule has 0 bridgehead atoms. The Bertz CT molecular complexity index is 586. The van der Waals surface area contributed by atoms with Gasteiger partial charge in [-0.1, -0.05) is 19.1 Å². The summed E-state index contributed by atoms with van der Waals surface area (Å²) >= 11 is 0. The molecule has 0 unspecified atom stereocenters. The van der Waals surface area contributed by atoms with Gasteiger partial charge in [0.05, 0.1) is 6.61 Å². The molecule has 3 rings (SSSR count). The van der Waals surface area contributed by atoms with E-state index in [1.54, 1.807) is 0 Å². The molecule has 3 nitrogen and oxygen atoms in total. The summed E-state index contributed by atoms with van der Waals surface area (Å²) in [4.78, 5) is 2.46. The third-order valence-corrected chi connectivity index (χ3v) is 4.23. The van der Waals surface area contributed by atoms with Crippen LogP contribution in [0.15, 0.2) is 48.5 Å². The normalized spacial score (nSPS) is 14.0. The lowest BCUT2D eigenvalue weighted by Gasteiger charge is -2.18. The number of nitrogens with zero attached hydrogens (tertiary/aromatic N) is 1. The zero-order valence-electron chi connectivity index (χ0n) is 13.9. The summed E-state index contributed by atoms with van der Waals surface area (Å²) in [6, 6.07) is 17.1. The summed E-state index contributed by atoms with van der Waals surface area (Å²) in [6.45, 7) is 6.11. The number of benzene rings is 2. The van der Waals surface area contributed by atoms with Crippen LogP contribution in [0.5, 0.6) is 5.75 Å². The predicted molar refractivity (Wildman–Crippen MR) is 97.4 cm³/mol. The van der Waals surface area contributed by atoms with Crippen molar-refractivity contribution in [1.82, 2.24) is 0 Å². The Hall–Kier alpha value is -2.16. The zero-order valence-corrected chi connectivity index (χ0v) is 13.9. The molecule has 1 heterocycles. The third kappa shape index (κ3) is 4.41. The van der Waals surface area contributed by atoms with E-state index in [1.165, 1.54) is 42.9 Å². The van der Waals surface area contributed by atoms with Gasteiger partial charge in [-0.3, -0.25) is 0 Å². The maximum Gasteiger partial charge on any atom is 0.119 e. The topological polar surface area (TPSA) is 24.5 Å². The van der Waals surface area contributed by atoms with Crippen LogP contribution in [0.4, 0.5) is 11.4 Å². The summed E-state index contributed by atoms with van der Waals surface area (Å²) in [6.07, 6.45) is 3.67. The van der Waals surface area contributed by atoms with Crippen molar-refractivity contribution < 1.29 is 4.74 Å². The molecular formula is C20H26N2O. The second kappa shape index (κ2) is 7.91. The summed E-state index contributed by atoms with van der Waals surface area (Å²) in [5, 5.41) is 3.48. The van der Waals surface area contributed by atoms with E-state index in [0.29, 0.717) is 0 Å². The first-order valence-corrected chi connectivity index (χ1v) is 8.66. The van der Waals surface area contributed by atoms with Crippen LogP contribution in [0.2, 0.25) is 0 Å². The van der Waals surface area contributed by atoms with Crippen LogP contribution in [0.3, 0.4) is 0 Å². The number of hydrogen-bond donors (Lipinski definition) is 1. The Labute approximate surface area is 139 Å². The Morgan fingerprint density at radius 3 is 2.30 bits per heavy atom. The van der Waals surface area contributed by atoms with Crippen molar-refractivity contribution in [2.75, 3.05) is 29.9 Å². The largest absolute Gasteiger partial charge is 0.494 e. The molecule has 1 N–H and O–H groups in total. The summed E-state index contributed by atoms with van der Waals surface area (Å²) in [5.41, 5.74) is 3.77. The van der Waals surface area contributed by atoms with Crippen LogP contribution in [0, 0.1) is 0 Å². The van der Waals surface area contributed by atoms with Gasteiger partial charge in [0.15, 0.2) is 0 Å². The van der Waals surface area contributed by atoms with E-state index in [-0.39, 0.29) is 0 Å². The van der Waals surface area contributed by atoms with Crippen LogP contribution in [0.1, 0.15) is 31.7 Å². The molecule has 3 heteroatoms. The minimum absolute atomic E-state index is 0.779. The fourth-order valence-electron chi connectivity index (χ4n) is 2.89. The van der Waals surface area contributed by atoms with Crippen molar-refractivity contribution in [3.05, 3.63) is 54.1 Å². The van der Waals surface area contributed by atoms with Crippen molar-refractivity contribution >= 4 is 11.4 Å². The number of anilines is 2. The van der Waals surface area contributed by atoms with Gasteiger partial charge in [0.25, 0.3) is 0 Å². The minimum atomic E-state index is 0.779. The highest BCUT2D eigenvalue weighted by Gasteiger charge is 2.11. The number of rotatable bonds is 7. The molecule has 0 radical (unpaired) electrons. The Balaban J connectivity index is 1.51. The fraction of sp³-hybridized carbons (Fsp3) is 0.400. The van der Waals surface area contributed by atoms with Gasteiger partial charge in [0.1, 0.15) is 5.75 Å². The lowest BCUT2D eigenvalue weighted by molar-refractivity contribution is 0.317. The lowest BCUT2D eigenvalue weighted by Crippen LogP contribution is -2.17. The van der Waals surface area contributed by atoms with E-state index in [1.807, 2.05) is 12.1 Å². The standard InChI is InChI=1S/C20H26N2O/c1-2-15-23-20-11-5-17(6-12-20)16-21-18-7-9-19(10-8-18)22-13-3-4-14-22/h5-12,21H,2-4,13-16H2,1H3. The molecule has 1 saturated heterocycles. The highest BCUT2D eigenvalue weighted by molar-refractivity contribution is 5.55. The quantitative estimate of drug-likeness (QED) is 0.803. The molecule has 0 spiro atoms. The van der Waals surface area contributed by atoms with Gasteiger partial charge in [-0.2, -0.15) is 0 Å². The highest BCUT2D eigenvalue weighted by Crippen LogP contribution is 2.22. The molecule has 0 saturated carbocycles. The number of ether oxygens (including phenoxy) is 1. The monoisotopic (exact) mass is 310 g/mol. The Morgan fingerprint density at radius 2 is 1.65 bits per heavy atom. The fourth-order valence-corrected chi connectivity index (χ4v) is 2.89. The van der Waals surface area contributed by atoms with Crippen molar-refractivity contribution in [3.63, 3.8) is 0 Å². The molecule has 1 aliphatic rings. The first kappa shape index (κ1) is 15.7. The van der Waals surface area contributed by atoms with Gasteiger partial charge in [-0.15, -0.1) is 0 Å². The molecule has 1 aliphatic heterocycles. The summed E-state index contributed by atoms with van der Waals surface area (Å²) < 4.78 is 5.61. The average molecular weight is 310 g/mol. The van der Waals surface area contributed by atoms with Crippen LogP contribution in [-0.2, 0) is 6.54 Å². The van der Waals surface area contributed by atoms with E-state index in [2.05, 4.69) is 53.5 Å². The Kier molecular flexibility index (Phi) is 5.41. The van der Waals surface area contributed by atoms with Gasteiger partial charge >= 0.3 is 0 Å². The van der Waals surface area contributed by atoms with E-state index in [4.69, 9.17) is 4.74 Å². The van der Waals surface area contributed by atoms with Crippen molar-refractivity contribution in [3.8, 4) is 5.75 Å². The van der Waals surface area contributed by atoms with Gasteiger partial charge in [-0.05, 0) is 61.2 Å². The second-order valence-corrected chi connectivity index (χ2v) is 6.09. The smallest absolute Gasteiger partial charge is 0.119 e. The van der Waals surface area contributed by atoms with Crippen LogP contribution in [-0.4, -0.2) is 19.7 Å². The molecule has 0 atom stereocenters. The molecule has 0 amide bonds. The number of hydrogen-bond acceptors (Lipinski definition) is 3. The van der Waals surface area contributed by atoms with Crippen LogP contribution < -0.4 is 15.0 Å². The molecule has 23 heavy (non-hydrogen) atoms. The first-order valence-electron chi connectivity index (χ1n) is 8.66. The third-order valence-electron chi connectivity index (χ3n) is 4.23. The molecule has 2 aromatic rings. The van der Waals surface area contributed by atoms with E-state index in [0.717, 1.165) is 25.3 Å². The van der Waals surface area contributed by atoms with Gasteiger partial charge < -0.3 is 15.0 Å². The first-order chi connectivity index (χ1) is 11.3. The minimum Gasteiger partial charge on any atom is -0.494 e. The summed E-state index contributed by atoms with van der Waals surface area (Å²) in [7, 11) is 0. The van der Waals surface area contributed by atoms with E-state index < -0.39 is 0 Å². The van der Waals surface area contributed by atoms with Crippen LogP contribution >= 0.6 is 0 Å². The van der Waals surface area contributed by atoms with Crippen molar-refractivity contribution in [2.45, 2.75) is 32.7 Å². The SMILES string of the molecule is CCCOc1ccc(CNc2ccc(N3CCCC3)cc2)cc1. The molecule has 1 fully saturated rings. The van der Waals surface area contributed by atoms with E-state index in [9.17, 15) is 0 Å². The van der Waals surface area contributed by atoms with Gasteiger partial charge in [-0.25, -0.2) is 0 Å². The van der Waals surface area contributed by atoms with Gasteiger partial charge in [0, 0.05) is 31.0 Å². The maximum absolute atomic E-state index is 5.61. The molecular weight excluding hydrogens is 284 g/mol.